The number of carbonyl (C=O) groups is 4. The largest absolute Gasteiger partial charge is 0.481 e. The van der Waals surface area contributed by atoms with Crippen LogP contribution in [0.1, 0.15) is 44.9 Å². The van der Waals surface area contributed by atoms with Crippen LogP contribution in [0.3, 0.4) is 0 Å². The van der Waals surface area contributed by atoms with Crippen LogP contribution in [0.2, 0.25) is 0 Å². The van der Waals surface area contributed by atoms with E-state index in [0.29, 0.717) is 19.3 Å². The minimum absolute atomic E-state index is 0.0157. The van der Waals surface area contributed by atoms with Crippen LogP contribution < -0.4 is 11.1 Å². The second kappa shape index (κ2) is 8.77. The van der Waals surface area contributed by atoms with Gasteiger partial charge in [0.2, 0.25) is 0 Å². The van der Waals surface area contributed by atoms with Crippen molar-refractivity contribution in [3.05, 3.63) is 0 Å². The summed E-state index contributed by atoms with van der Waals surface area (Å²) in [4.78, 5) is 43.3. The van der Waals surface area contributed by atoms with Crippen LogP contribution in [0.25, 0.3) is 0 Å². The van der Waals surface area contributed by atoms with Crippen LogP contribution in [0, 0.1) is 0 Å². The average Bonchev–Trinajstić information content (AvgIpc) is 2.33. The molecule has 1 atom stereocenters. The molecule has 0 saturated carbocycles. The van der Waals surface area contributed by atoms with Crippen molar-refractivity contribution in [3.8, 4) is 0 Å². The molecule has 0 aliphatic rings. The number of carboxylic acids is 3. The lowest BCUT2D eigenvalue weighted by Crippen LogP contribution is -2.56. The van der Waals surface area contributed by atoms with E-state index in [9.17, 15) is 24.3 Å². The summed E-state index contributed by atoms with van der Waals surface area (Å²) in [6.45, 7) is 0. The molecule has 0 saturated heterocycles. The molecule has 0 aliphatic heterocycles. The van der Waals surface area contributed by atoms with Gasteiger partial charge in [-0.1, -0.05) is 12.8 Å². The Morgan fingerprint density at radius 2 is 1.43 bits per heavy atom. The van der Waals surface area contributed by atoms with Crippen molar-refractivity contribution in [2.75, 3.05) is 0 Å². The molecule has 0 rings (SSSR count). The van der Waals surface area contributed by atoms with E-state index in [4.69, 9.17) is 15.9 Å². The van der Waals surface area contributed by atoms with Crippen molar-refractivity contribution in [1.29, 1.82) is 0 Å². The molecule has 0 aromatic heterocycles. The van der Waals surface area contributed by atoms with Crippen molar-refractivity contribution in [3.63, 3.8) is 0 Å². The summed E-state index contributed by atoms with van der Waals surface area (Å²) in [6.07, 6.45) is 0.396. The first kappa shape index (κ1) is 18.7. The Hall–Kier alpha value is -2.32. The zero-order chi connectivity index (χ0) is 16.5. The van der Waals surface area contributed by atoms with Gasteiger partial charge in [-0.2, -0.15) is 0 Å². The quantitative estimate of drug-likeness (QED) is 0.344. The number of rotatable bonds is 11. The molecule has 6 N–H and O–H groups in total. The highest BCUT2D eigenvalue weighted by Gasteiger charge is 2.39. The molecule has 21 heavy (non-hydrogen) atoms. The monoisotopic (exact) mass is 304 g/mol. The average molecular weight is 304 g/mol. The van der Waals surface area contributed by atoms with Crippen LogP contribution in [-0.2, 0) is 14.4 Å². The number of hydrogen-bond donors (Lipinski definition) is 5. The third-order valence-electron chi connectivity index (χ3n) is 3.03. The van der Waals surface area contributed by atoms with E-state index in [0.717, 1.165) is 0 Å². The zero-order valence-electron chi connectivity index (χ0n) is 11.5. The lowest BCUT2D eigenvalue weighted by molar-refractivity contribution is -0.146. The van der Waals surface area contributed by atoms with Gasteiger partial charge in [-0.25, -0.2) is 9.59 Å². The van der Waals surface area contributed by atoms with E-state index in [1.165, 1.54) is 0 Å². The highest BCUT2D eigenvalue weighted by Crippen LogP contribution is 2.22. The molecule has 2 amide bonds. The number of aliphatic carboxylic acids is 3. The fourth-order valence-corrected chi connectivity index (χ4v) is 1.95. The second-order valence-electron chi connectivity index (χ2n) is 4.72. The van der Waals surface area contributed by atoms with E-state index in [2.05, 4.69) is 5.32 Å². The molecule has 0 spiro atoms. The number of nitrogens with two attached hydrogens (primary N) is 1. The molecule has 0 bridgehead atoms. The van der Waals surface area contributed by atoms with Crippen molar-refractivity contribution in [2.24, 2.45) is 5.73 Å². The summed E-state index contributed by atoms with van der Waals surface area (Å²) in [5, 5.41) is 28.5. The Labute approximate surface area is 121 Å². The molecular formula is C12H20N2O7. The van der Waals surface area contributed by atoms with Gasteiger partial charge in [0.1, 0.15) is 5.54 Å². The number of hydrogen-bond acceptors (Lipinski definition) is 4. The number of carboxylic acid groups (broad SMARTS) is 3. The summed E-state index contributed by atoms with van der Waals surface area (Å²) in [5.41, 5.74) is 3.21. The molecule has 0 aliphatic carbocycles. The lowest BCUT2D eigenvalue weighted by Gasteiger charge is -2.29. The number of unbranched alkanes of at least 4 members (excludes halogenated alkanes) is 2. The number of amides is 2. The fourth-order valence-electron chi connectivity index (χ4n) is 1.95. The summed E-state index contributed by atoms with van der Waals surface area (Å²) in [6, 6.07) is -1.05. The maximum Gasteiger partial charge on any atom is 0.329 e. The first-order valence-electron chi connectivity index (χ1n) is 6.44. The third-order valence-corrected chi connectivity index (χ3v) is 3.03. The van der Waals surface area contributed by atoms with Crippen LogP contribution in [0.15, 0.2) is 0 Å². The summed E-state index contributed by atoms with van der Waals surface area (Å²) < 4.78 is 0. The van der Waals surface area contributed by atoms with E-state index < -0.39 is 35.9 Å². The van der Waals surface area contributed by atoms with Gasteiger partial charge in [0.15, 0.2) is 0 Å². The summed E-state index contributed by atoms with van der Waals surface area (Å²) in [7, 11) is 0. The molecule has 0 radical (unpaired) electrons. The van der Waals surface area contributed by atoms with Gasteiger partial charge in [0.05, 0.1) is 0 Å². The van der Waals surface area contributed by atoms with Gasteiger partial charge in [-0.3, -0.25) is 9.59 Å². The molecule has 9 nitrogen and oxygen atoms in total. The molecule has 0 aromatic carbocycles. The van der Waals surface area contributed by atoms with Gasteiger partial charge >= 0.3 is 23.9 Å². The molecular weight excluding hydrogens is 284 g/mol. The van der Waals surface area contributed by atoms with Crippen molar-refractivity contribution in [2.45, 2.75) is 50.5 Å². The van der Waals surface area contributed by atoms with Crippen molar-refractivity contribution >= 4 is 23.9 Å². The van der Waals surface area contributed by atoms with Gasteiger partial charge in [-0.15, -0.1) is 0 Å². The van der Waals surface area contributed by atoms with Gasteiger partial charge in [-0.05, 0) is 19.3 Å². The first-order valence-corrected chi connectivity index (χ1v) is 6.44. The Morgan fingerprint density at radius 1 is 0.857 bits per heavy atom. The zero-order valence-corrected chi connectivity index (χ0v) is 11.5. The molecule has 120 valence electrons. The molecule has 1 unspecified atom stereocenters. The van der Waals surface area contributed by atoms with Crippen molar-refractivity contribution in [1.82, 2.24) is 5.32 Å². The van der Waals surface area contributed by atoms with E-state index in [1.54, 1.807) is 0 Å². The van der Waals surface area contributed by atoms with Crippen LogP contribution in [0.5, 0.6) is 0 Å². The topological polar surface area (TPSA) is 167 Å². The molecule has 0 heterocycles. The van der Waals surface area contributed by atoms with E-state index in [1.807, 2.05) is 0 Å². The third kappa shape index (κ3) is 7.75. The molecule has 0 fully saturated rings. The standard InChI is InChI=1S/C12H20N2O7/c13-11(21)14-12(10(19)20,7-5-9(17)18)6-3-1-2-4-8(15)16/h1-7H2,(H,15,16)(H,17,18)(H,19,20)(H3,13,14,21). The van der Waals surface area contributed by atoms with Gasteiger partial charge < -0.3 is 26.4 Å². The Bertz CT molecular complexity index is 410. The smallest absolute Gasteiger partial charge is 0.329 e. The Balaban J connectivity index is 4.67. The predicted octanol–water partition coefficient (Wildman–Crippen LogP) is 0.378. The maximum atomic E-state index is 11.4. The SMILES string of the molecule is NC(=O)NC(CCCCCC(=O)O)(CCC(=O)O)C(=O)O. The second-order valence-corrected chi connectivity index (χ2v) is 4.72. The highest BCUT2D eigenvalue weighted by atomic mass is 16.4. The fraction of sp³-hybridized carbons (Fsp3) is 0.667. The Kier molecular flexibility index (Phi) is 7.80. The lowest BCUT2D eigenvalue weighted by atomic mass is 9.87. The van der Waals surface area contributed by atoms with Gasteiger partial charge in [0.25, 0.3) is 0 Å². The minimum Gasteiger partial charge on any atom is -0.481 e. The summed E-state index contributed by atoms with van der Waals surface area (Å²) in [5.74, 6) is -3.49. The van der Waals surface area contributed by atoms with Crippen LogP contribution in [0.4, 0.5) is 4.79 Å². The van der Waals surface area contributed by atoms with E-state index >= 15 is 0 Å². The number of carbonyl (C=O) groups excluding carboxylic acids is 1. The Morgan fingerprint density at radius 3 is 1.86 bits per heavy atom. The van der Waals surface area contributed by atoms with Crippen LogP contribution >= 0.6 is 0 Å². The minimum atomic E-state index is -1.74. The predicted molar refractivity (Wildman–Crippen MR) is 70.7 cm³/mol. The van der Waals surface area contributed by atoms with Crippen molar-refractivity contribution < 1.29 is 34.5 Å². The molecule has 9 heteroatoms. The number of urea groups is 1. The number of primary amides is 1. The highest BCUT2D eigenvalue weighted by molar-refractivity contribution is 5.86. The first-order chi connectivity index (χ1) is 9.69. The number of nitrogens with one attached hydrogen (secondary N) is 1. The van der Waals surface area contributed by atoms with Crippen LogP contribution in [-0.4, -0.2) is 44.8 Å². The normalized spacial score (nSPS) is 13.1. The maximum absolute atomic E-state index is 11.4. The summed E-state index contributed by atoms with van der Waals surface area (Å²) >= 11 is 0. The van der Waals surface area contributed by atoms with Gasteiger partial charge in [0, 0.05) is 12.8 Å². The van der Waals surface area contributed by atoms with E-state index in [-0.39, 0.29) is 19.3 Å². The molecule has 0 aromatic rings.